The monoisotopic (exact) mass is 494 g/mol. The Kier molecular flexibility index (Phi) is 7.09. The first-order valence-electron chi connectivity index (χ1n) is 9.87. The van der Waals surface area contributed by atoms with Crippen molar-refractivity contribution in [2.75, 3.05) is 19.5 Å². The normalized spacial score (nSPS) is 22.9. The minimum Gasteiger partial charge on any atom is -0.466 e. The summed E-state index contributed by atoms with van der Waals surface area (Å²) in [5, 5.41) is 11.1. The van der Waals surface area contributed by atoms with Crippen LogP contribution in [0.15, 0.2) is 40.4 Å². The van der Waals surface area contributed by atoms with E-state index in [1.54, 1.807) is 0 Å². The van der Waals surface area contributed by atoms with E-state index in [-0.39, 0.29) is 34.1 Å². The minimum atomic E-state index is -1.46. The van der Waals surface area contributed by atoms with E-state index in [0.29, 0.717) is 5.56 Å². The number of hydrogen-bond acceptors (Lipinski definition) is 8. The van der Waals surface area contributed by atoms with Gasteiger partial charge >= 0.3 is 11.9 Å². The van der Waals surface area contributed by atoms with E-state index in [9.17, 15) is 19.7 Å². The summed E-state index contributed by atoms with van der Waals surface area (Å²) in [4.78, 5) is 40.8. The number of non-ortho nitro benzene ring substituents is 1. The molecule has 10 heteroatoms. The molecule has 3 rings (SSSR count). The third-order valence-corrected chi connectivity index (χ3v) is 6.31. The van der Waals surface area contributed by atoms with Crippen LogP contribution in [-0.4, -0.2) is 48.4 Å². The van der Waals surface area contributed by atoms with Crippen molar-refractivity contribution in [3.05, 3.63) is 51.1 Å². The van der Waals surface area contributed by atoms with Crippen LogP contribution in [0, 0.1) is 10.1 Å². The zero-order valence-electron chi connectivity index (χ0n) is 17.3. The maximum absolute atomic E-state index is 12.9. The molecule has 1 aliphatic heterocycles. The Morgan fingerprint density at radius 1 is 1.16 bits per heavy atom. The number of esters is 2. The van der Waals surface area contributed by atoms with Crippen LogP contribution < -0.4 is 0 Å². The van der Waals surface area contributed by atoms with Gasteiger partial charge in [0.1, 0.15) is 11.1 Å². The number of methoxy groups -OCH3 is 2. The molecular formula is C21H23BrN2O7. The Morgan fingerprint density at radius 2 is 1.77 bits per heavy atom. The third kappa shape index (κ3) is 4.34. The molecule has 9 nitrogen and oxygen atoms in total. The molecule has 0 bridgehead atoms. The summed E-state index contributed by atoms with van der Waals surface area (Å²) in [6.07, 6.45) is 4.88. The van der Waals surface area contributed by atoms with Crippen molar-refractivity contribution in [2.45, 2.75) is 43.7 Å². The molecule has 166 valence electrons. The molecule has 0 amide bonds. The Bertz CT molecular complexity index is 936. The molecule has 0 radical (unpaired) electrons. The molecule has 1 aromatic carbocycles. The van der Waals surface area contributed by atoms with Gasteiger partial charge in [-0.2, -0.15) is 0 Å². The molecule has 1 aromatic rings. The smallest absolute Gasteiger partial charge is 0.344 e. The SMILES string of the molecule is COC(=O)C1=C(C(=O)OC)C(CBr)(c2ccc([N+](=O)[O-])cc2)OC1=NC1CCCCC1. The molecule has 1 fully saturated rings. The molecule has 1 aliphatic carbocycles. The molecule has 31 heavy (non-hydrogen) atoms. The summed E-state index contributed by atoms with van der Waals surface area (Å²) in [6, 6.07) is 5.56. The summed E-state index contributed by atoms with van der Waals surface area (Å²) in [5.41, 5.74) is -1.27. The highest BCUT2D eigenvalue weighted by Gasteiger charge is 2.53. The predicted octanol–water partition coefficient (Wildman–Crippen LogP) is 3.59. The maximum Gasteiger partial charge on any atom is 0.344 e. The van der Waals surface area contributed by atoms with E-state index < -0.39 is 22.5 Å². The van der Waals surface area contributed by atoms with Crippen molar-refractivity contribution in [3.8, 4) is 0 Å². The van der Waals surface area contributed by atoms with Crippen LogP contribution in [0.2, 0.25) is 0 Å². The van der Waals surface area contributed by atoms with Crippen molar-refractivity contribution >= 4 is 39.5 Å². The quantitative estimate of drug-likeness (QED) is 0.256. The van der Waals surface area contributed by atoms with E-state index in [1.807, 2.05) is 0 Å². The van der Waals surface area contributed by atoms with Crippen molar-refractivity contribution in [1.82, 2.24) is 0 Å². The number of carbonyl (C=O) groups excluding carboxylic acids is 2. The summed E-state index contributed by atoms with van der Waals surface area (Å²) in [6.45, 7) is 0. The number of nitro benzene ring substituents is 1. The van der Waals surface area contributed by atoms with Crippen LogP contribution in [0.1, 0.15) is 37.7 Å². The van der Waals surface area contributed by atoms with Crippen LogP contribution in [0.25, 0.3) is 0 Å². The van der Waals surface area contributed by atoms with Gasteiger partial charge in [-0.05, 0) is 25.0 Å². The second kappa shape index (κ2) is 9.59. The molecule has 2 aliphatic rings. The fourth-order valence-electron chi connectivity index (χ4n) is 3.93. The number of aliphatic imine (C=N–C) groups is 1. The lowest BCUT2D eigenvalue weighted by Crippen LogP contribution is -2.35. The van der Waals surface area contributed by atoms with Gasteiger partial charge in [-0.1, -0.05) is 35.2 Å². The fourth-order valence-corrected chi connectivity index (χ4v) is 4.65. The fraction of sp³-hybridized carbons (Fsp3) is 0.476. The Balaban J connectivity index is 2.20. The second-order valence-electron chi connectivity index (χ2n) is 7.33. The second-order valence-corrected chi connectivity index (χ2v) is 7.89. The summed E-state index contributed by atoms with van der Waals surface area (Å²) >= 11 is 3.40. The lowest BCUT2D eigenvalue weighted by molar-refractivity contribution is -0.384. The first-order chi connectivity index (χ1) is 14.9. The van der Waals surface area contributed by atoms with Crippen LogP contribution in [0.3, 0.4) is 0 Å². The first kappa shape index (κ1) is 22.9. The molecule has 0 aromatic heterocycles. The summed E-state index contributed by atoms with van der Waals surface area (Å²) < 4.78 is 16.1. The summed E-state index contributed by atoms with van der Waals surface area (Å²) in [7, 11) is 2.41. The zero-order chi connectivity index (χ0) is 22.6. The number of nitro groups is 1. The molecule has 0 saturated heterocycles. The molecule has 1 heterocycles. The van der Waals surface area contributed by atoms with Crippen molar-refractivity contribution in [3.63, 3.8) is 0 Å². The molecular weight excluding hydrogens is 472 g/mol. The third-order valence-electron chi connectivity index (χ3n) is 5.52. The minimum absolute atomic E-state index is 0.0250. The van der Waals surface area contributed by atoms with Crippen LogP contribution >= 0.6 is 15.9 Å². The highest BCUT2D eigenvalue weighted by atomic mass is 79.9. The van der Waals surface area contributed by atoms with Crippen molar-refractivity contribution < 1.29 is 28.7 Å². The number of hydrogen-bond donors (Lipinski definition) is 0. The van der Waals surface area contributed by atoms with E-state index >= 15 is 0 Å². The zero-order valence-corrected chi connectivity index (χ0v) is 18.8. The van der Waals surface area contributed by atoms with Gasteiger partial charge in [-0.15, -0.1) is 0 Å². The molecule has 1 atom stereocenters. The average Bonchev–Trinajstić information content (AvgIpc) is 3.13. The van der Waals surface area contributed by atoms with Crippen LogP contribution in [0.4, 0.5) is 5.69 Å². The van der Waals surface area contributed by atoms with E-state index in [0.717, 1.165) is 32.1 Å². The lowest BCUT2D eigenvalue weighted by atomic mass is 9.86. The van der Waals surface area contributed by atoms with Crippen LogP contribution in [-0.2, 0) is 29.4 Å². The predicted molar refractivity (Wildman–Crippen MR) is 115 cm³/mol. The van der Waals surface area contributed by atoms with Gasteiger partial charge in [0.15, 0.2) is 5.60 Å². The Labute approximate surface area is 187 Å². The van der Waals surface area contributed by atoms with Gasteiger partial charge in [0.25, 0.3) is 5.69 Å². The highest BCUT2D eigenvalue weighted by molar-refractivity contribution is 9.09. The molecule has 1 saturated carbocycles. The van der Waals surface area contributed by atoms with E-state index in [4.69, 9.17) is 14.2 Å². The number of benzene rings is 1. The lowest BCUT2D eigenvalue weighted by Gasteiger charge is -2.29. The van der Waals surface area contributed by atoms with Gasteiger partial charge in [0.05, 0.1) is 30.5 Å². The number of rotatable bonds is 6. The molecule has 0 N–H and O–H groups in total. The van der Waals surface area contributed by atoms with E-state index in [1.165, 1.54) is 38.5 Å². The average molecular weight is 495 g/mol. The van der Waals surface area contributed by atoms with Gasteiger partial charge in [-0.3, -0.25) is 10.1 Å². The molecule has 1 unspecified atom stereocenters. The number of ether oxygens (including phenoxy) is 3. The van der Waals surface area contributed by atoms with Crippen molar-refractivity contribution in [2.24, 2.45) is 4.99 Å². The van der Waals surface area contributed by atoms with Gasteiger partial charge in [-0.25, -0.2) is 14.6 Å². The topological polar surface area (TPSA) is 117 Å². The Hall–Kier alpha value is -2.75. The van der Waals surface area contributed by atoms with Crippen LogP contribution in [0.5, 0.6) is 0 Å². The van der Waals surface area contributed by atoms with Gasteiger partial charge < -0.3 is 14.2 Å². The number of carbonyl (C=O) groups is 2. The number of nitrogens with zero attached hydrogens (tertiary/aromatic N) is 2. The molecule has 0 spiro atoms. The highest BCUT2D eigenvalue weighted by Crippen LogP contribution is 2.45. The summed E-state index contributed by atoms with van der Waals surface area (Å²) in [5.74, 6) is -1.51. The van der Waals surface area contributed by atoms with E-state index in [2.05, 4.69) is 20.9 Å². The maximum atomic E-state index is 12.9. The number of halogens is 1. The van der Waals surface area contributed by atoms with Gasteiger partial charge in [0, 0.05) is 17.7 Å². The first-order valence-corrected chi connectivity index (χ1v) is 11.0. The largest absolute Gasteiger partial charge is 0.466 e. The Morgan fingerprint density at radius 3 is 2.29 bits per heavy atom. The van der Waals surface area contributed by atoms with Gasteiger partial charge in [0.2, 0.25) is 5.90 Å². The number of alkyl halides is 1. The van der Waals surface area contributed by atoms with Crippen molar-refractivity contribution in [1.29, 1.82) is 0 Å². The standard InChI is InChI=1S/C21H23BrN2O7/c1-29-19(25)16-17(20(26)30-2)21(12-22,13-8-10-15(11-9-13)24(27)28)31-18(16)23-14-6-4-3-5-7-14/h8-11,14H,3-7,12H2,1-2H3.